The van der Waals surface area contributed by atoms with Crippen LogP contribution in [0, 0.1) is 11.6 Å². The predicted octanol–water partition coefficient (Wildman–Crippen LogP) is 2.29. The van der Waals surface area contributed by atoms with Crippen LogP contribution in [-0.4, -0.2) is 12.2 Å². The fourth-order valence-corrected chi connectivity index (χ4v) is 0.931. The number of benzene rings is 1. The molecule has 0 saturated carbocycles. The fourth-order valence-electron chi connectivity index (χ4n) is 0.765. The van der Waals surface area contributed by atoms with Crippen molar-refractivity contribution < 1.29 is 13.5 Å². The highest BCUT2D eigenvalue weighted by molar-refractivity contribution is 7.80. The first-order valence-corrected chi connectivity index (χ1v) is 3.59. The van der Waals surface area contributed by atoms with Crippen LogP contribution < -0.4 is 0 Å². The highest BCUT2D eigenvalue weighted by Gasteiger charge is 2.08. The SMILES string of the molecule is COC(=S)c1ccc(F)cc1F. The van der Waals surface area contributed by atoms with Crippen LogP contribution in [0.1, 0.15) is 5.56 Å². The maximum Gasteiger partial charge on any atom is 0.193 e. The van der Waals surface area contributed by atoms with Gasteiger partial charge < -0.3 is 4.74 Å². The third-order valence-electron chi connectivity index (χ3n) is 1.34. The summed E-state index contributed by atoms with van der Waals surface area (Å²) >= 11 is 4.67. The summed E-state index contributed by atoms with van der Waals surface area (Å²) < 4.78 is 29.9. The minimum absolute atomic E-state index is 0.0208. The van der Waals surface area contributed by atoms with Gasteiger partial charge >= 0.3 is 0 Å². The van der Waals surface area contributed by atoms with Crippen LogP contribution >= 0.6 is 12.2 Å². The molecule has 0 bridgehead atoms. The summed E-state index contributed by atoms with van der Waals surface area (Å²) in [5, 5.41) is 0.0208. The van der Waals surface area contributed by atoms with Gasteiger partial charge in [0.1, 0.15) is 11.6 Å². The molecular weight excluding hydrogens is 182 g/mol. The van der Waals surface area contributed by atoms with Crippen molar-refractivity contribution >= 4 is 17.3 Å². The van der Waals surface area contributed by atoms with Crippen molar-refractivity contribution in [2.45, 2.75) is 0 Å². The largest absolute Gasteiger partial charge is 0.486 e. The summed E-state index contributed by atoms with van der Waals surface area (Å²) in [4.78, 5) is 0. The van der Waals surface area contributed by atoms with Gasteiger partial charge in [-0.3, -0.25) is 0 Å². The third kappa shape index (κ3) is 1.76. The van der Waals surface area contributed by atoms with Gasteiger partial charge in [0.15, 0.2) is 5.05 Å². The molecule has 1 nitrogen and oxygen atoms in total. The van der Waals surface area contributed by atoms with E-state index in [1.807, 2.05) is 0 Å². The van der Waals surface area contributed by atoms with Gasteiger partial charge in [0, 0.05) is 6.07 Å². The summed E-state index contributed by atoms with van der Waals surface area (Å²) in [6.45, 7) is 0. The van der Waals surface area contributed by atoms with E-state index in [0.717, 1.165) is 12.1 Å². The Labute approximate surface area is 74.0 Å². The second-order valence-electron chi connectivity index (χ2n) is 2.12. The Balaban J connectivity index is 3.09. The van der Waals surface area contributed by atoms with Crippen LogP contribution in [-0.2, 0) is 4.74 Å². The Bertz CT molecular complexity index is 312. The molecule has 0 aliphatic heterocycles. The predicted molar refractivity (Wildman–Crippen MR) is 45.1 cm³/mol. The Kier molecular flexibility index (Phi) is 2.70. The molecule has 0 radical (unpaired) electrons. The molecule has 64 valence electrons. The molecule has 1 rings (SSSR count). The molecule has 0 spiro atoms. The lowest BCUT2D eigenvalue weighted by Gasteiger charge is -2.02. The third-order valence-corrected chi connectivity index (χ3v) is 1.72. The van der Waals surface area contributed by atoms with Gasteiger partial charge in [-0.25, -0.2) is 8.78 Å². The van der Waals surface area contributed by atoms with Gasteiger partial charge in [-0.15, -0.1) is 0 Å². The zero-order chi connectivity index (χ0) is 9.14. The van der Waals surface area contributed by atoms with E-state index in [1.54, 1.807) is 0 Å². The van der Waals surface area contributed by atoms with Crippen LogP contribution in [0.3, 0.4) is 0 Å². The second kappa shape index (κ2) is 3.58. The van der Waals surface area contributed by atoms with Crippen molar-refractivity contribution in [3.8, 4) is 0 Å². The van der Waals surface area contributed by atoms with E-state index < -0.39 is 11.6 Å². The number of ether oxygens (including phenoxy) is 1. The summed E-state index contributed by atoms with van der Waals surface area (Å²) in [7, 11) is 1.34. The molecule has 0 aromatic heterocycles. The molecule has 1 aromatic carbocycles. The zero-order valence-corrected chi connectivity index (χ0v) is 7.12. The van der Waals surface area contributed by atoms with E-state index in [2.05, 4.69) is 17.0 Å². The highest BCUT2D eigenvalue weighted by Crippen LogP contribution is 2.10. The number of rotatable bonds is 1. The molecule has 0 N–H and O–H groups in total. The minimum Gasteiger partial charge on any atom is -0.486 e. The average Bonchev–Trinajstić information content (AvgIpc) is 2.03. The number of hydrogen-bond donors (Lipinski definition) is 0. The first-order chi connectivity index (χ1) is 5.65. The van der Waals surface area contributed by atoms with Crippen molar-refractivity contribution in [2.24, 2.45) is 0 Å². The molecule has 1 aromatic rings. The van der Waals surface area contributed by atoms with Gasteiger partial charge in [0.05, 0.1) is 12.7 Å². The van der Waals surface area contributed by atoms with Gasteiger partial charge in [0.25, 0.3) is 0 Å². The standard InChI is InChI=1S/C8H6F2OS/c1-11-8(12)6-3-2-5(9)4-7(6)10/h2-4H,1H3. The monoisotopic (exact) mass is 188 g/mol. The lowest BCUT2D eigenvalue weighted by atomic mass is 10.2. The lowest BCUT2D eigenvalue weighted by Crippen LogP contribution is -2.02. The zero-order valence-electron chi connectivity index (χ0n) is 6.30. The van der Waals surface area contributed by atoms with Gasteiger partial charge in [-0.2, -0.15) is 0 Å². The summed E-state index contributed by atoms with van der Waals surface area (Å²) in [5.74, 6) is -1.34. The van der Waals surface area contributed by atoms with Crippen molar-refractivity contribution in [2.75, 3.05) is 7.11 Å². The Morgan fingerprint density at radius 1 is 1.42 bits per heavy atom. The van der Waals surface area contributed by atoms with E-state index in [1.165, 1.54) is 13.2 Å². The normalized spacial score (nSPS) is 9.58. The van der Waals surface area contributed by atoms with E-state index in [4.69, 9.17) is 0 Å². The summed E-state index contributed by atoms with van der Waals surface area (Å²) in [6, 6.07) is 3.14. The highest BCUT2D eigenvalue weighted by atomic mass is 32.1. The number of methoxy groups -OCH3 is 1. The smallest absolute Gasteiger partial charge is 0.193 e. The maximum absolute atomic E-state index is 12.9. The van der Waals surface area contributed by atoms with Crippen molar-refractivity contribution in [3.05, 3.63) is 35.4 Å². The lowest BCUT2D eigenvalue weighted by molar-refractivity contribution is 0.413. The molecule has 0 aliphatic rings. The molecule has 0 unspecified atom stereocenters. The van der Waals surface area contributed by atoms with Gasteiger partial charge in [-0.1, -0.05) is 0 Å². The second-order valence-corrected chi connectivity index (χ2v) is 2.49. The minimum atomic E-state index is -0.707. The van der Waals surface area contributed by atoms with E-state index in [-0.39, 0.29) is 10.6 Å². The summed E-state index contributed by atoms with van der Waals surface area (Å²) in [6.07, 6.45) is 0. The van der Waals surface area contributed by atoms with E-state index in [0.29, 0.717) is 0 Å². The molecular formula is C8H6F2OS. The Morgan fingerprint density at radius 2 is 2.08 bits per heavy atom. The number of halogens is 2. The molecule has 12 heavy (non-hydrogen) atoms. The molecule has 4 heteroatoms. The summed E-state index contributed by atoms with van der Waals surface area (Å²) in [5.41, 5.74) is 0.105. The first kappa shape index (κ1) is 9.06. The molecule has 0 saturated heterocycles. The van der Waals surface area contributed by atoms with Crippen molar-refractivity contribution in [3.63, 3.8) is 0 Å². The number of hydrogen-bond acceptors (Lipinski definition) is 2. The van der Waals surface area contributed by atoms with E-state index in [9.17, 15) is 8.78 Å². The van der Waals surface area contributed by atoms with Gasteiger partial charge in [-0.05, 0) is 24.4 Å². The molecule has 0 atom stereocenters. The van der Waals surface area contributed by atoms with Crippen LogP contribution in [0.15, 0.2) is 18.2 Å². The molecule has 0 aliphatic carbocycles. The Morgan fingerprint density at radius 3 is 2.58 bits per heavy atom. The van der Waals surface area contributed by atoms with Gasteiger partial charge in [0.2, 0.25) is 0 Å². The van der Waals surface area contributed by atoms with Crippen molar-refractivity contribution in [1.82, 2.24) is 0 Å². The first-order valence-electron chi connectivity index (χ1n) is 3.18. The average molecular weight is 188 g/mol. The fraction of sp³-hybridized carbons (Fsp3) is 0.125. The molecule has 0 heterocycles. The van der Waals surface area contributed by atoms with Crippen LogP contribution in [0.25, 0.3) is 0 Å². The molecule has 0 amide bonds. The topological polar surface area (TPSA) is 9.23 Å². The van der Waals surface area contributed by atoms with Crippen LogP contribution in [0.5, 0.6) is 0 Å². The maximum atomic E-state index is 12.9. The number of thiocarbonyl (C=S) groups is 1. The van der Waals surface area contributed by atoms with Crippen LogP contribution in [0.2, 0.25) is 0 Å². The van der Waals surface area contributed by atoms with Crippen molar-refractivity contribution in [1.29, 1.82) is 0 Å². The van der Waals surface area contributed by atoms with Crippen LogP contribution in [0.4, 0.5) is 8.78 Å². The Hall–Kier alpha value is -1.03. The van der Waals surface area contributed by atoms with E-state index >= 15 is 0 Å². The quantitative estimate of drug-likeness (QED) is 0.625. The molecule has 0 fully saturated rings.